The molecule has 0 spiro atoms. The topological polar surface area (TPSA) is 101 Å². The van der Waals surface area contributed by atoms with Gasteiger partial charge in [0.05, 0.1) is 0 Å². The largest absolute Gasteiger partial charge is 0.369 e. The zero-order valence-electron chi connectivity index (χ0n) is 15.3. The van der Waals surface area contributed by atoms with Crippen LogP contribution in [0.2, 0.25) is 0 Å². The number of hydrogen-bond donors (Lipinski definition) is 2. The number of hydrogen-bond acceptors (Lipinski definition) is 5. The van der Waals surface area contributed by atoms with Crippen LogP contribution in [-0.2, 0) is 17.1 Å². The van der Waals surface area contributed by atoms with Crippen LogP contribution < -0.4 is 15.4 Å². The van der Waals surface area contributed by atoms with E-state index in [-0.39, 0.29) is 10.6 Å². The Morgan fingerprint density at radius 2 is 1.81 bits per heavy atom. The molecule has 1 aliphatic heterocycles. The molecular formula is C18H25N5O3S. The van der Waals surface area contributed by atoms with Crippen LogP contribution in [0.15, 0.2) is 47.5 Å². The van der Waals surface area contributed by atoms with E-state index in [9.17, 15) is 13.2 Å². The van der Waals surface area contributed by atoms with E-state index in [2.05, 4.69) is 26.7 Å². The Bertz CT molecular complexity index is 887. The maximum absolute atomic E-state index is 12.4. The highest BCUT2D eigenvalue weighted by Crippen LogP contribution is 2.16. The molecule has 3 rings (SSSR count). The van der Waals surface area contributed by atoms with Crippen LogP contribution in [0, 0.1) is 0 Å². The van der Waals surface area contributed by atoms with Gasteiger partial charge in [-0.25, -0.2) is 13.1 Å². The number of anilines is 1. The molecule has 1 aliphatic rings. The number of sulfonamides is 1. The summed E-state index contributed by atoms with van der Waals surface area (Å²) in [7, 11) is -2.08. The molecule has 0 atom stereocenters. The maximum atomic E-state index is 12.4. The number of amides is 1. The van der Waals surface area contributed by atoms with Gasteiger partial charge in [0.25, 0.3) is 5.91 Å². The second-order valence-corrected chi connectivity index (χ2v) is 8.37. The van der Waals surface area contributed by atoms with Gasteiger partial charge < -0.3 is 15.2 Å². The van der Waals surface area contributed by atoms with E-state index >= 15 is 0 Å². The van der Waals surface area contributed by atoms with Crippen molar-refractivity contribution in [2.24, 2.45) is 12.8 Å². The summed E-state index contributed by atoms with van der Waals surface area (Å²) in [5, 5.41) is 0. The fourth-order valence-corrected chi connectivity index (χ4v) is 4.31. The van der Waals surface area contributed by atoms with E-state index in [1.807, 2.05) is 18.2 Å². The van der Waals surface area contributed by atoms with Crippen LogP contribution >= 0.6 is 0 Å². The Morgan fingerprint density at radius 1 is 1.15 bits per heavy atom. The monoisotopic (exact) mass is 391 g/mol. The number of nitrogens with two attached hydrogens (primary N) is 1. The summed E-state index contributed by atoms with van der Waals surface area (Å²) in [6, 6.07) is 11.6. The minimum absolute atomic E-state index is 0.0488. The highest BCUT2D eigenvalue weighted by molar-refractivity contribution is 7.89. The number of carbonyl (C=O) groups excluding carboxylic acids is 1. The Labute approximate surface area is 159 Å². The van der Waals surface area contributed by atoms with Gasteiger partial charge in [-0.15, -0.1) is 0 Å². The molecule has 146 valence electrons. The Balaban J connectivity index is 1.48. The third-order valence-corrected chi connectivity index (χ3v) is 6.18. The van der Waals surface area contributed by atoms with E-state index in [0.717, 1.165) is 26.2 Å². The molecule has 0 saturated carbocycles. The van der Waals surface area contributed by atoms with E-state index < -0.39 is 15.9 Å². The van der Waals surface area contributed by atoms with Crippen LogP contribution in [0.25, 0.3) is 0 Å². The van der Waals surface area contributed by atoms with Crippen LogP contribution in [-0.4, -0.2) is 63.1 Å². The van der Waals surface area contributed by atoms with Crippen LogP contribution in [0.3, 0.4) is 0 Å². The van der Waals surface area contributed by atoms with Crippen LogP contribution in [0.5, 0.6) is 0 Å². The SMILES string of the molecule is Cn1cc(S(=O)(=O)NCCN2CCN(c3ccccc3)CC2)cc1C(N)=O. The molecule has 0 bridgehead atoms. The summed E-state index contributed by atoms with van der Waals surface area (Å²) in [4.78, 5) is 15.9. The number of para-hydroxylation sites is 1. The number of benzene rings is 1. The molecule has 27 heavy (non-hydrogen) atoms. The summed E-state index contributed by atoms with van der Waals surface area (Å²) in [5.74, 6) is -0.657. The van der Waals surface area contributed by atoms with Gasteiger partial charge in [0.2, 0.25) is 10.0 Å². The summed E-state index contributed by atoms with van der Waals surface area (Å²) < 4.78 is 28.8. The Kier molecular flexibility index (Phi) is 5.83. The maximum Gasteiger partial charge on any atom is 0.265 e. The molecule has 1 amide bonds. The van der Waals surface area contributed by atoms with E-state index in [1.54, 1.807) is 7.05 Å². The number of aryl methyl sites for hydroxylation is 1. The first-order valence-electron chi connectivity index (χ1n) is 8.85. The Morgan fingerprint density at radius 3 is 2.41 bits per heavy atom. The fourth-order valence-electron chi connectivity index (χ4n) is 3.22. The molecule has 0 unspecified atom stereocenters. The van der Waals surface area contributed by atoms with Gasteiger partial charge in [-0.05, 0) is 18.2 Å². The number of piperazine rings is 1. The lowest BCUT2D eigenvalue weighted by atomic mass is 10.2. The van der Waals surface area contributed by atoms with Crippen molar-refractivity contribution in [3.63, 3.8) is 0 Å². The van der Waals surface area contributed by atoms with Gasteiger partial charge >= 0.3 is 0 Å². The fraction of sp³-hybridized carbons (Fsp3) is 0.389. The molecule has 0 radical (unpaired) electrons. The van der Waals surface area contributed by atoms with Gasteiger partial charge in [-0.2, -0.15) is 0 Å². The molecule has 1 fully saturated rings. The summed E-state index contributed by atoms with van der Waals surface area (Å²) in [5.41, 5.74) is 6.61. The minimum atomic E-state index is -3.67. The first kappa shape index (κ1) is 19.4. The summed E-state index contributed by atoms with van der Waals surface area (Å²) >= 11 is 0. The van der Waals surface area contributed by atoms with Crippen molar-refractivity contribution in [2.75, 3.05) is 44.2 Å². The molecule has 8 nitrogen and oxygen atoms in total. The summed E-state index contributed by atoms with van der Waals surface area (Å²) in [6.07, 6.45) is 1.39. The highest BCUT2D eigenvalue weighted by Gasteiger charge is 2.21. The molecule has 1 aromatic carbocycles. The lowest BCUT2D eigenvalue weighted by Gasteiger charge is -2.36. The molecule has 2 heterocycles. The molecule has 9 heteroatoms. The first-order chi connectivity index (χ1) is 12.9. The normalized spacial score (nSPS) is 15.8. The van der Waals surface area contributed by atoms with Crippen molar-refractivity contribution in [1.29, 1.82) is 0 Å². The van der Waals surface area contributed by atoms with Crippen molar-refractivity contribution in [2.45, 2.75) is 4.90 Å². The van der Waals surface area contributed by atoms with Crippen molar-refractivity contribution >= 4 is 21.6 Å². The smallest absolute Gasteiger partial charge is 0.265 e. The standard InChI is InChI=1S/C18H25N5O3S/c1-21-14-16(13-17(21)18(19)24)27(25,26)20-7-8-22-9-11-23(12-10-22)15-5-3-2-4-6-15/h2-6,13-14,20H,7-12H2,1H3,(H2,19,24). The number of carbonyl (C=O) groups is 1. The van der Waals surface area contributed by atoms with Gasteiger partial charge in [0.15, 0.2) is 0 Å². The van der Waals surface area contributed by atoms with Crippen molar-refractivity contribution in [3.8, 4) is 0 Å². The number of aromatic nitrogens is 1. The third-order valence-electron chi connectivity index (χ3n) is 4.76. The van der Waals surface area contributed by atoms with Crippen molar-refractivity contribution in [1.82, 2.24) is 14.2 Å². The van der Waals surface area contributed by atoms with Crippen molar-refractivity contribution < 1.29 is 13.2 Å². The number of nitrogens with zero attached hydrogens (tertiary/aromatic N) is 3. The highest BCUT2D eigenvalue weighted by atomic mass is 32.2. The minimum Gasteiger partial charge on any atom is -0.369 e. The zero-order valence-corrected chi connectivity index (χ0v) is 16.2. The molecule has 1 saturated heterocycles. The molecule has 2 aromatic rings. The van der Waals surface area contributed by atoms with Gasteiger partial charge in [0.1, 0.15) is 10.6 Å². The van der Waals surface area contributed by atoms with E-state index in [0.29, 0.717) is 13.1 Å². The van der Waals surface area contributed by atoms with Gasteiger partial charge in [-0.3, -0.25) is 9.69 Å². The third kappa shape index (κ3) is 4.68. The average Bonchev–Trinajstić information content (AvgIpc) is 3.06. The quantitative estimate of drug-likeness (QED) is 0.703. The lowest BCUT2D eigenvalue weighted by molar-refractivity contribution is 0.0992. The van der Waals surface area contributed by atoms with Crippen LogP contribution in [0.1, 0.15) is 10.5 Å². The van der Waals surface area contributed by atoms with Crippen LogP contribution in [0.4, 0.5) is 5.69 Å². The van der Waals surface area contributed by atoms with E-state index in [4.69, 9.17) is 5.73 Å². The lowest BCUT2D eigenvalue weighted by Crippen LogP contribution is -2.48. The van der Waals surface area contributed by atoms with Gasteiger partial charge in [-0.1, -0.05) is 18.2 Å². The predicted octanol–water partition coefficient (Wildman–Crippen LogP) is 0.225. The Hall–Kier alpha value is -2.36. The number of primary amides is 1. The average molecular weight is 391 g/mol. The number of nitrogens with one attached hydrogen (secondary N) is 1. The summed E-state index contributed by atoms with van der Waals surface area (Å²) in [6.45, 7) is 4.54. The molecule has 1 aromatic heterocycles. The van der Waals surface area contributed by atoms with E-state index in [1.165, 1.54) is 22.5 Å². The second-order valence-electron chi connectivity index (χ2n) is 6.60. The molecular weight excluding hydrogens is 366 g/mol. The number of rotatable bonds is 7. The van der Waals surface area contributed by atoms with Crippen molar-refractivity contribution in [3.05, 3.63) is 48.3 Å². The zero-order chi connectivity index (χ0) is 19.4. The predicted molar refractivity (Wildman–Crippen MR) is 104 cm³/mol. The second kappa shape index (κ2) is 8.12. The molecule has 3 N–H and O–H groups in total. The van der Waals surface area contributed by atoms with Gasteiger partial charge in [0, 0.05) is 58.2 Å². The molecule has 0 aliphatic carbocycles. The first-order valence-corrected chi connectivity index (χ1v) is 10.3.